The summed E-state index contributed by atoms with van der Waals surface area (Å²) in [4.78, 5) is 30.2. The molecule has 1 amide bonds. The summed E-state index contributed by atoms with van der Waals surface area (Å²) >= 11 is 6.55. The molecule has 9 nitrogen and oxygen atoms in total. The number of hydrogen-bond acceptors (Lipinski definition) is 7. The van der Waals surface area contributed by atoms with E-state index in [0.717, 1.165) is 5.56 Å². The zero-order chi connectivity index (χ0) is 27.1. The zero-order valence-corrected chi connectivity index (χ0v) is 21.2. The second-order valence-electron chi connectivity index (χ2n) is 8.00. The van der Waals surface area contributed by atoms with E-state index in [1.54, 1.807) is 13.1 Å². The third-order valence-corrected chi connectivity index (χ3v) is 5.89. The number of carbonyl (C=O) groups excluding carboxylic acids is 1. The Hall–Kier alpha value is -4.60. The van der Waals surface area contributed by atoms with Gasteiger partial charge in [0.05, 0.1) is 41.6 Å². The molecule has 10 heteroatoms. The second kappa shape index (κ2) is 11.9. The molecule has 1 aromatic heterocycles. The van der Waals surface area contributed by atoms with E-state index in [-0.39, 0.29) is 47.0 Å². The van der Waals surface area contributed by atoms with Gasteiger partial charge in [-0.1, -0.05) is 23.7 Å². The first kappa shape index (κ1) is 27.0. The highest BCUT2D eigenvalue weighted by Gasteiger charge is 2.25. The summed E-state index contributed by atoms with van der Waals surface area (Å²) in [5.74, 6) is -0.753. The van der Waals surface area contributed by atoms with Crippen molar-refractivity contribution in [2.24, 2.45) is 0 Å². The van der Waals surface area contributed by atoms with E-state index in [4.69, 9.17) is 31.4 Å². The number of methoxy groups -OCH3 is 1. The van der Waals surface area contributed by atoms with Gasteiger partial charge < -0.3 is 19.5 Å². The van der Waals surface area contributed by atoms with E-state index in [1.807, 2.05) is 31.2 Å². The molecule has 3 rings (SSSR count). The number of aromatic nitrogens is 1. The zero-order valence-electron chi connectivity index (χ0n) is 20.4. The maximum absolute atomic E-state index is 13.8. The number of pyridine rings is 1. The van der Waals surface area contributed by atoms with Crippen molar-refractivity contribution in [2.75, 3.05) is 25.7 Å². The third-order valence-electron chi connectivity index (χ3n) is 5.58. The number of para-hydroxylation sites is 1. The topological polar surface area (TPSA) is 137 Å². The molecule has 0 spiro atoms. The molecule has 37 heavy (non-hydrogen) atoms. The van der Waals surface area contributed by atoms with Crippen LogP contribution in [0.4, 0.5) is 5.69 Å². The lowest BCUT2D eigenvalue weighted by Crippen LogP contribution is -2.28. The molecule has 188 valence electrons. The average molecular weight is 519 g/mol. The van der Waals surface area contributed by atoms with Gasteiger partial charge in [0.15, 0.2) is 0 Å². The Morgan fingerprint density at radius 1 is 1.14 bits per heavy atom. The number of carboxylic acid groups (broad SMARTS) is 1. The van der Waals surface area contributed by atoms with Crippen molar-refractivity contribution in [3.8, 4) is 34.8 Å². The average Bonchev–Trinajstić information content (AvgIpc) is 2.89. The van der Waals surface area contributed by atoms with E-state index < -0.39 is 11.9 Å². The minimum absolute atomic E-state index is 0.0432. The highest BCUT2D eigenvalue weighted by Crippen LogP contribution is 2.38. The molecule has 3 aromatic rings. The molecular weight excluding hydrogens is 496 g/mol. The lowest BCUT2D eigenvalue weighted by Gasteiger charge is -2.24. The van der Waals surface area contributed by atoms with Crippen LogP contribution in [0, 0.1) is 29.6 Å². The van der Waals surface area contributed by atoms with Crippen LogP contribution in [0.5, 0.6) is 11.5 Å². The van der Waals surface area contributed by atoms with Crippen molar-refractivity contribution in [3.05, 3.63) is 70.0 Å². The van der Waals surface area contributed by atoms with E-state index >= 15 is 0 Å². The monoisotopic (exact) mass is 518 g/mol. The fourth-order valence-corrected chi connectivity index (χ4v) is 4.04. The van der Waals surface area contributed by atoms with E-state index in [2.05, 4.69) is 4.98 Å². The van der Waals surface area contributed by atoms with Gasteiger partial charge in [-0.05, 0) is 37.1 Å². The van der Waals surface area contributed by atoms with Gasteiger partial charge in [0.1, 0.15) is 23.3 Å². The number of ether oxygens (including phenoxy) is 2. The predicted molar refractivity (Wildman–Crippen MR) is 137 cm³/mol. The summed E-state index contributed by atoms with van der Waals surface area (Å²) in [5, 5.41) is 27.9. The van der Waals surface area contributed by atoms with E-state index in [0.29, 0.717) is 22.6 Å². The van der Waals surface area contributed by atoms with Gasteiger partial charge in [0.2, 0.25) is 0 Å². The van der Waals surface area contributed by atoms with Gasteiger partial charge in [0, 0.05) is 36.9 Å². The Kier molecular flexibility index (Phi) is 8.68. The number of nitriles is 2. The highest BCUT2D eigenvalue weighted by molar-refractivity contribution is 6.34. The number of carbonyl (C=O) groups is 2. The first-order valence-corrected chi connectivity index (χ1v) is 11.5. The van der Waals surface area contributed by atoms with Crippen LogP contribution >= 0.6 is 11.6 Å². The first-order chi connectivity index (χ1) is 17.7. The second-order valence-corrected chi connectivity index (χ2v) is 8.41. The molecule has 2 aromatic carbocycles. The van der Waals surface area contributed by atoms with Gasteiger partial charge in [-0.15, -0.1) is 0 Å². The van der Waals surface area contributed by atoms with Gasteiger partial charge in [0.25, 0.3) is 5.91 Å². The molecule has 0 radical (unpaired) electrons. The van der Waals surface area contributed by atoms with Crippen LogP contribution in [0.15, 0.2) is 42.6 Å². The smallest absolute Gasteiger partial charge is 0.303 e. The summed E-state index contributed by atoms with van der Waals surface area (Å²) in [6.07, 6.45) is 1.48. The SMILES string of the molecule is COc1cccc(C)c1N(C)C(=O)c1cc(-c2cnc(C#N)cc2C#N)c(Cl)cc1OCCCC(=O)O. The molecule has 0 bridgehead atoms. The number of anilines is 1. The number of amides is 1. The number of aryl methyl sites for hydroxylation is 1. The van der Waals surface area contributed by atoms with Crippen molar-refractivity contribution < 1.29 is 24.2 Å². The molecule has 0 aliphatic carbocycles. The number of carboxylic acids is 1. The van der Waals surface area contributed by atoms with Gasteiger partial charge in [-0.2, -0.15) is 10.5 Å². The summed E-state index contributed by atoms with van der Waals surface area (Å²) < 4.78 is 11.3. The fraction of sp³-hybridized carbons (Fsp3) is 0.222. The Morgan fingerprint density at radius 3 is 2.54 bits per heavy atom. The normalized spacial score (nSPS) is 10.2. The Morgan fingerprint density at radius 2 is 1.89 bits per heavy atom. The predicted octanol–water partition coefficient (Wildman–Crippen LogP) is 4.98. The summed E-state index contributed by atoms with van der Waals surface area (Å²) in [5.41, 5.74) is 2.41. The summed E-state index contributed by atoms with van der Waals surface area (Å²) in [7, 11) is 3.11. The number of benzene rings is 2. The van der Waals surface area contributed by atoms with Crippen LogP contribution < -0.4 is 14.4 Å². The summed E-state index contributed by atoms with van der Waals surface area (Å²) in [6, 6.07) is 13.6. The third kappa shape index (κ3) is 5.97. The number of aliphatic carboxylic acids is 1. The largest absolute Gasteiger partial charge is 0.495 e. The molecule has 0 atom stereocenters. The highest BCUT2D eigenvalue weighted by atomic mass is 35.5. The number of nitrogens with zero attached hydrogens (tertiary/aromatic N) is 4. The number of hydrogen-bond donors (Lipinski definition) is 1. The van der Waals surface area contributed by atoms with Gasteiger partial charge in [-0.3, -0.25) is 9.59 Å². The van der Waals surface area contributed by atoms with E-state index in [9.17, 15) is 14.9 Å². The molecule has 0 saturated heterocycles. The fourth-order valence-electron chi connectivity index (χ4n) is 3.79. The molecule has 0 aliphatic heterocycles. The minimum Gasteiger partial charge on any atom is -0.495 e. The standard InChI is InChI=1S/C27H23ClN4O5/c1-16-6-4-7-23(36-3)26(16)32(2)27(35)20-11-19(21-15-31-18(14-30)10-17(21)13-29)22(28)12-24(20)37-9-5-8-25(33)34/h4,6-7,10-12,15H,5,8-9H2,1-3H3,(H,33,34). The van der Waals surface area contributed by atoms with Crippen LogP contribution in [0.25, 0.3) is 11.1 Å². The van der Waals surface area contributed by atoms with Crippen molar-refractivity contribution >= 4 is 29.2 Å². The number of halogens is 1. The Balaban J connectivity index is 2.14. The minimum atomic E-state index is -0.961. The van der Waals surface area contributed by atoms with Crippen molar-refractivity contribution in [3.63, 3.8) is 0 Å². The van der Waals surface area contributed by atoms with E-state index in [1.165, 1.54) is 36.4 Å². The quantitative estimate of drug-likeness (QED) is 0.391. The summed E-state index contributed by atoms with van der Waals surface area (Å²) in [6.45, 7) is 1.89. The Bertz CT molecular complexity index is 1440. The van der Waals surface area contributed by atoms with Crippen LogP contribution in [-0.4, -0.2) is 42.7 Å². The van der Waals surface area contributed by atoms with Crippen LogP contribution in [-0.2, 0) is 4.79 Å². The number of rotatable bonds is 9. The van der Waals surface area contributed by atoms with Crippen LogP contribution in [0.1, 0.15) is 40.0 Å². The molecule has 0 fully saturated rings. The molecule has 1 N–H and O–H groups in total. The lowest BCUT2D eigenvalue weighted by molar-refractivity contribution is -0.137. The van der Waals surface area contributed by atoms with Gasteiger partial charge in [-0.25, -0.2) is 4.98 Å². The maximum Gasteiger partial charge on any atom is 0.303 e. The molecular formula is C27H23ClN4O5. The molecule has 0 saturated carbocycles. The van der Waals surface area contributed by atoms with Crippen molar-refractivity contribution in [2.45, 2.75) is 19.8 Å². The van der Waals surface area contributed by atoms with Crippen molar-refractivity contribution in [1.29, 1.82) is 10.5 Å². The maximum atomic E-state index is 13.8. The Labute approximate surface area is 219 Å². The molecule has 0 unspecified atom stereocenters. The molecule has 1 heterocycles. The van der Waals surface area contributed by atoms with Gasteiger partial charge >= 0.3 is 5.97 Å². The molecule has 0 aliphatic rings. The lowest BCUT2D eigenvalue weighted by atomic mass is 9.98. The van der Waals surface area contributed by atoms with Crippen LogP contribution in [0.2, 0.25) is 5.02 Å². The van der Waals surface area contributed by atoms with Crippen molar-refractivity contribution in [1.82, 2.24) is 4.98 Å². The van der Waals surface area contributed by atoms with Crippen LogP contribution in [0.3, 0.4) is 0 Å². The first-order valence-electron chi connectivity index (χ1n) is 11.1.